The molecule has 36 heavy (non-hydrogen) atoms. The number of carbonyl (C=O) groups is 2. The molecule has 0 aliphatic heterocycles. The van der Waals surface area contributed by atoms with Crippen molar-refractivity contribution >= 4 is 34.1 Å². The number of carbonyl (C=O) groups excluding carboxylic acids is 1. The van der Waals surface area contributed by atoms with E-state index in [2.05, 4.69) is 21.4 Å². The van der Waals surface area contributed by atoms with Gasteiger partial charge in [0.25, 0.3) is 5.91 Å². The molecule has 9 nitrogen and oxygen atoms in total. The lowest BCUT2D eigenvalue weighted by atomic mass is 9.93. The smallest absolute Gasteiger partial charge is 0.341 e. The van der Waals surface area contributed by atoms with Gasteiger partial charge >= 0.3 is 5.97 Å². The topological polar surface area (TPSA) is 126 Å². The minimum absolute atomic E-state index is 0.120. The van der Waals surface area contributed by atoms with Gasteiger partial charge in [-0.1, -0.05) is 0 Å². The van der Waals surface area contributed by atoms with Crippen LogP contribution in [0.25, 0.3) is 21.3 Å². The molecule has 184 valence electrons. The third-order valence-electron chi connectivity index (χ3n) is 6.92. The van der Waals surface area contributed by atoms with E-state index in [9.17, 15) is 19.5 Å². The fraction of sp³-hybridized carbons (Fsp3) is 0.308. The number of thiophene rings is 1. The molecule has 2 aliphatic carbocycles. The van der Waals surface area contributed by atoms with E-state index < -0.39 is 11.4 Å². The zero-order valence-corrected chi connectivity index (χ0v) is 20.4. The van der Waals surface area contributed by atoms with Crippen molar-refractivity contribution in [2.75, 3.05) is 7.11 Å². The Bertz CT molecular complexity index is 1570. The van der Waals surface area contributed by atoms with Crippen LogP contribution in [0.2, 0.25) is 0 Å². The van der Waals surface area contributed by atoms with Crippen LogP contribution in [0.15, 0.2) is 41.6 Å². The molecule has 0 saturated heterocycles. The van der Waals surface area contributed by atoms with Crippen molar-refractivity contribution in [2.24, 2.45) is 0 Å². The van der Waals surface area contributed by atoms with Crippen molar-refractivity contribution in [3.8, 4) is 16.2 Å². The first-order chi connectivity index (χ1) is 17.5. The average molecular weight is 505 g/mol. The number of hydrogen-bond donors (Lipinski definition) is 3. The van der Waals surface area contributed by atoms with Gasteiger partial charge in [-0.3, -0.25) is 9.59 Å². The number of benzene rings is 1. The molecule has 3 heterocycles. The first-order valence-corrected chi connectivity index (χ1v) is 12.7. The van der Waals surface area contributed by atoms with Gasteiger partial charge in [-0.15, -0.1) is 11.3 Å². The summed E-state index contributed by atoms with van der Waals surface area (Å²) >= 11 is 1.66. The quantitative estimate of drug-likeness (QED) is 0.359. The van der Waals surface area contributed by atoms with Crippen molar-refractivity contribution in [1.29, 1.82) is 0 Å². The fourth-order valence-corrected chi connectivity index (χ4v) is 6.35. The molecule has 1 atom stereocenters. The molecule has 0 spiro atoms. The normalized spacial score (nSPS) is 17.1. The molecule has 1 unspecified atom stereocenters. The number of carboxylic acid groups (broad SMARTS) is 1. The van der Waals surface area contributed by atoms with Crippen LogP contribution >= 0.6 is 11.3 Å². The third kappa shape index (κ3) is 3.69. The van der Waals surface area contributed by atoms with E-state index in [1.807, 2.05) is 10.6 Å². The molecular formula is C26H24N4O5S. The second-order valence-corrected chi connectivity index (χ2v) is 10.3. The van der Waals surface area contributed by atoms with Gasteiger partial charge in [0.05, 0.1) is 24.1 Å². The number of nitrogens with zero attached hydrogens (tertiary/aromatic N) is 2. The predicted octanol–water partition coefficient (Wildman–Crippen LogP) is 4.30. The Kier molecular flexibility index (Phi) is 5.40. The number of aromatic amines is 1. The highest BCUT2D eigenvalue weighted by Crippen LogP contribution is 2.46. The molecule has 6 rings (SSSR count). The molecule has 0 radical (unpaired) electrons. The standard InChI is InChI=1S/C26H24N4O5S/c1-35-23-14(7-8-15-21(23)30(13-5-6-13)12-17(22(15)31)26(33)34)20-11-16-18(3-2-4-19(16)36-20)29-25(32)24-27-9-10-28-24/h7-13,18H,2-6H2,1H3,(H,27,28)(H,29,32)(H,33,34). The molecular weight excluding hydrogens is 480 g/mol. The molecule has 3 aromatic heterocycles. The second kappa shape index (κ2) is 8.63. The Morgan fingerprint density at radius 1 is 1.28 bits per heavy atom. The number of nitrogens with one attached hydrogen (secondary N) is 2. The van der Waals surface area contributed by atoms with Crippen LogP contribution in [0.4, 0.5) is 0 Å². The zero-order chi connectivity index (χ0) is 25.0. The number of aromatic carboxylic acids is 1. The van der Waals surface area contributed by atoms with Crippen LogP contribution in [-0.2, 0) is 6.42 Å². The SMILES string of the molecule is COc1c(-c2cc3c(s2)CCCC3NC(=O)c2ncc[nH]2)ccc2c(=O)c(C(=O)O)cn(C3CC3)c12. The van der Waals surface area contributed by atoms with Crippen LogP contribution in [0, 0.1) is 0 Å². The van der Waals surface area contributed by atoms with Crippen LogP contribution < -0.4 is 15.5 Å². The summed E-state index contributed by atoms with van der Waals surface area (Å²) < 4.78 is 7.77. The molecule has 1 amide bonds. The first kappa shape index (κ1) is 22.5. The van der Waals surface area contributed by atoms with Gasteiger partial charge in [-0.25, -0.2) is 9.78 Å². The van der Waals surface area contributed by atoms with Gasteiger partial charge in [0, 0.05) is 40.0 Å². The fourth-order valence-electron chi connectivity index (χ4n) is 5.07. The largest absolute Gasteiger partial charge is 0.494 e. The molecule has 4 aromatic rings. The number of rotatable bonds is 6. The van der Waals surface area contributed by atoms with Crippen LogP contribution in [-0.4, -0.2) is 38.6 Å². The Balaban J connectivity index is 1.46. The summed E-state index contributed by atoms with van der Waals surface area (Å²) in [5, 5.41) is 13.0. The summed E-state index contributed by atoms with van der Waals surface area (Å²) in [7, 11) is 1.57. The van der Waals surface area contributed by atoms with E-state index >= 15 is 0 Å². The number of H-pyrrole nitrogens is 1. The lowest BCUT2D eigenvalue weighted by molar-refractivity contribution is 0.0694. The summed E-state index contributed by atoms with van der Waals surface area (Å²) in [6.07, 6.45) is 9.21. The van der Waals surface area contributed by atoms with E-state index in [1.165, 1.54) is 11.1 Å². The number of imidazole rings is 1. The second-order valence-electron chi connectivity index (χ2n) is 9.20. The number of amides is 1. The van der Waals surface area contributed by atoms with E-state index in [4.69, 9.17) is 4.74 Å². The first-order valence-electron chi connectivity index (χ1n) is 11.9. The number of aromatic nitrogens is 3. The maximum absolute atomic E-state index is 13.0. The van der Waals surface area contributed by atoms with E-state index in [1.54, 1.807) is 36.9 Å². The lowest BCUT2D eigenvalue weighted by Crippen LogP contribution is -2.31. The molecule has 2 aliphatic rings. The van der Waals surface area contributed by atoms with Crippen molar-refractivity contribution in [2.45, 2.75) is 44.2 Å². The van der Waals surface area contributed by atoms with Gasteiger partial charge in [-0.2, -0.15) is 0 Å². The van der Waals surface area contributed by atoms with E-state index in [0.717, 1.165) is 48.1 Å². The average Bonchev–Trinajstić information content (AvgIpc) is 3.38. The highest BCUT2D eigenvalue weighted by molar-refractivity contribution is 7.15. The Morgan fingerprint density at radius 3 is 2.81 bits per heavy atom. The molecule has 1 saturated carbocycles. The molecule has 0 bridgehead atoms. The maximum atomic E-state index is 13.0. The number of pyridine rings is 1. The Morgan fingerprint density at radius 2 is 2.11 bits per heavy atom. The van der Waals surface area contributed by atoms with Gasteiger partial charge in [0.2, 0.25) is 5.43 Å². The number of aryl methyl sites for hydroxylation is 1. The molecule has 3 N–H and O–H groups in total. The summed E-state index contributed by atoms with van der Waals surface area (Å²) in [5.41, 5.74) is 1.82. The van der Waals surface area contributed by atoms with E-state index in [-0.39, 0.29) is 29.4 Å². The highest BCUT2D eigenvalue weighted by atomic mass is 32.1. The van der Waals surface area contributed by atoms with E-state index in [0.29, 0.717) is 16.7 Å². The molecule has 1 aromatic carbocycles. The maximum Gasteiger partial charge on any atom is 0.341 e. The van der Waals surface area contributed by atoms with Crippen molar-refractivity contribution in [3.05, 3.63) is 68.8 Å². The number of fused-ring (bicyclic) bond motifs is 2. The number of carboxylic acids is 1. The van der Waals surface area contributed by atoms with Crippen molar-refractivity contribution in [3.63, 3.8) is 0 Å². The summed E-state index contributed by atoms with van der Waals surface area (Å²) in [4.78, 5) is 46.4. The Hall–Kier alpha value is -3.92. The van der Waals surface area contributed by atoms with Crippen LogP contribution in [0.3, 0.4) is 0 Å². The Labute approximate surface area is 209 Å². The van der Waals surface area contributed by atoms with Crippen molar-refractivity contribution in [1.82, 2.24) is 19.9 Å². The summed E-state index contributed by atoms with van der Waals surface area (Å²) in [6.45, 7) is 0. The van der Waals surface area contributed by atoms with Crippen LogP contribution in [0.1, 0.15) is 69.2 Å². The van der Waals surface area contributed by atoms with Gasteiger partial charge in [0.15, 0.2) is 11.6 Å². The molecule has 1 fully saturated rings. The third-order valence-corrected chi connectivity index (χ3v) is 8.16. The minimum atomic E-state index is -1.23. The molecule has 10 heteroatoms. The predicted molar refractivity (Wildman–Crippen MR) is 135 cm³/mol. The summed E-state index contributed by atoms with van der Waals surface area (Å²) in [5.74, 6) is -0.625. The summed E-state index contributed by atoms with van der Waals surface area (Å²) in [6, 6.07) is 5.66. The highest BCUT2D eigenvalue weighted by Gasteiger charge is 2.30. The van der Waals surface area contributed by atoms with Gasteiger partial charge in [-0.05, 0) is 55.9 Å². The number of methoxy groups -OCH3 is 1. The van der Waals surface area contributed by atoms with Gasteiger partial charge < -0.3 is 24.7 Å². The number of ether oxygens (including phenoxy) is 1. The zero-order valence-electron chi connectivity index (χ0n) is 19.5. The lowest BCUT2D eigenvalue weighted by Gasteiger charge is -2.23. The van der Waals surface area contributed by atoms with Gasteiger partial charge in [0.1, 0.15) is 5.56 Å². The number of hydrogen-bond acceptors (Lipinski definition) is 6. The minimum Gasteiger partial charge on any atom is -0.494 e. The van der Waals surface area contributed by atoms with Crippen LogP contribution in [0.5, 0.6) is 5.75 Å². The monoisotopic (exact) mass is 504 g/mol. The van der Waals surface area contributed by atoms with Crippen molar-refractivity contribution < 1.29 is 19.4 Å².